The number of ether oxygens (including phenoxy) is 1. The summed E-state index contributed by atoms with van der Waals surface area (Å²) in [6, 6.07) is 0. The van der Waals surface area contributed by atoms with Crippen LogP contribution in [0.3, 0.4) is 0 Å². The van der Waals surface area contributed by atoms with Crippen LogP contribution in [0.25, 0.3) is 0 Å². The van der Waals surface area contributed by atoms with Crippen molar-refractivity contribution in [3.8, 4) is 0 Å². The molecule has 0 aliphatic heterocycles. The monoisotopic (exact) mass is 116 g/mol. The highest BCUT2D eigenvalue weighted by atomic mass is 16.5. The number of hydrogen-bond acceptors (Lipinski definition) is 2. The summed E-state index contributed by atoms with van der Waals surface area (Å²) in [7, 11) is 0. The zero-order chi connectivity index (χ0) is 6.24. The third-order valence-corrected chi connectivity index (χ3v) is 0.801. The molecule has 49 valence electrons. The zero-order valence-corrected chi connectivity index (χ0v) is 5.23. The lowest BCUT2D eigenvalue weighted by Crippen LogP contribution is -2.08. The molecule has 0 aromatic heterocycles. The summed E-state index contributed by atoms with van der Waals surface area (Å²) in [5.41, 5.74) is 5.17. The Morgan fingerprint density at radius 1 is 1.38 bits per heavy atom. The summed E-state index contributed by atoms with van der Waals surface area (Å²) < 4.78 is 5.06. The summed E-state index contributed by atoms with van der Waals surface area (Å²) in [6.45, 7) is 5.78. The van der Waals surface area contributed by atoms with E-state index >= 15 is 0 Å². The Morgan fingerprint density at radius 2 is 2.12 bits per heavy atom. The Kier molecular flexibility index (Phi) is 6.85. The largest absolute Gasteiger partial charge is 0.380 e. The highest BCUT2D eigenvalue weighted by molar-refractivity contribution is 4.39. The maximum Gasteiger partial charge on any atom is 0.0588 e. The molecule has 0 saturated heterocycles. The van der Waals surface area contributed by atoms with Gasteiger partial charge in [0.15, 0.2) is 0 Å². The third kappa shape index (κ3) is 5.92. The SMILES string of the molecule is [CH2]CCCOCCN. The first-order valence-corrected chi connectivity index (χ1v) is 2.99. The summed E-state index contributed by atoms with van der Waals surface area (Å²) in [4.78, 5) is 0. The van der Waals surface area contributed by atoms with Crippen LogP contribution in [0.1, 0.15) is 12.8 Å². The fourth-order valence-corrected chi connectivity index (χ4v) is 0.390. The maximum atomic E-state index is 5.17. The molecular formula is C6H14NO. The highest BCUT2D eigenvalue weighted by Crippen LogP contribution is 1.85. The van der Waals surface area contributed by atoms with Gasteiger partial charge in [0.05, 0.1) is 6.61 Å². The molecule has 2 N–H and O–H groups in total. The van der Waals surface area contributed by atoms with Crippen molar-refractivity contribution in [1.82, 2.24) is 0 Å². The van der Waals surface area contributed by atoms with E-state index in [-0.39, 0.29) is 0 Å². The molecule has 0 amide bonds. The quantitative estimate of drug-likeness (QED) is 0.533. The van der Waals surface area contributed by atoms with Gasteiger partial charge < -0.3 is 10.5 Å². The van der Waals surface area contributed by atoms with Crippen LogP contribution in [0.4, 0.5) is 0 Å². The Morgan fingerprint density at radius 3 is 2.62 bits per heavy atom. The van der Waals surface area contributed by atoms with E-state index in [4.69, 9.17) is 10.5 Å². The molecule has 0 bridgehead atoms. The van der Waals surface area contributed by atoms with Crippen LogP contribution in [0, 0.1) is 6.92 Å². The van der Waals surface area contributed by atoms with Gasteiger partial charge in [0.25, 0.3) is 0 Å². The van der Waals surface area contributed by atoms with Crippen molar-refractivity contribution in [1.29, 1.82) is 0 Å². The molecule has 2 nitrogen and oxygen atoms in total. The first-order chi connectivity index (χ1) is 3.91. The van der Waals surface area contributed by atoms with Crippen LogP contribution in [-0.2, 0) is 4.74 Å². The first-order valence-electron chi connectivity index (χ1n) is 2.99. The Balaban J connectivity index is 2.53. The van der Waals surface area contributed by atoms with E-state index < -0.39 is 0 Å². The van der Waals surface area contributed by atoms with Gasteiger partial charge in [-0.05, 0) is 6.42 Å². The van der Waals surface area contributed by atoms with Crippen molar-refractivity contribution in [2.45, 2.75) is 12.8 Å². The van der Waals surface area contributed by atoms with Gasteiger partial charge in [-0.3, -0.25) is 0 Å². The average molecular weight is 116 g/mol. The highest BCUT2D eigenvalue weighted by Gasteiger charge is 1.81. The molecule has 0 fully saturated rings. The fraction of sp³-hybridized carbons (Fsp3) is 0.833. The molecule has 2 heteroatoms. The van der Waals surface area contributed by atoms with Gasteiger partial charge in [0.1, 0.15) is 0 Å². The molecule has 0 unspecified atom stereocenters. The van der Waals surface area contributed by atoms with Crippen LogP contribution in [0.5, 0.6) is 0 Å². The zero-order valence-electron chi connectivity index (χ0n) is 5.23. The number of hydrogen-bond donors (Lipinski definition) is 1. The number of nitrogens with two attached hydrogens (primary N) is 1. The minimum Gasteiger partial charge on any atom is -0.380 e. The van der Waals surface area contributed by atoms with Crippen LogP contribution in [-0.4, -0.2) is 19.8 Å². The molecule has 0 aliphatic rings. The lowest BCUT2D eigenvalue weighted by Gasteiger charge is -1.97. The van der Waals surface area contributed by atoms with E-state index in [0.717, 1.165) is 19.4 Å². The molecule has 0 saturated carbocycles. The van der Waals surface area contributed by atoms with E-state index in [2.05, 4.69) is 6.92 Å². The second kappa shape index (κ2) is 6.92. The standard InChI is InChI=1S/C6H14NO/c1-2-3-5-8-6-4-7/h1-7H2. The van der Waals surface area contributed by atoms with Crippen molar-refractivity contribution >= 4 is 0 Å². The molecule has 8 heavy (non-hydrogen) atoms. The Bertz CT molecular complexity index is 33.5. The minimum atomic E-state index is 0.622. The molecule has 0 aliphatic carbocycles. The molecule has 1 radical (unpaired) electrons. The van der Waals surface area contributed by atoms with Gasteiger partial charge in [0.2, 0.25) is 0 Å². The van der Waals surface area contributed by atoms with Gasteiger partial charge in [-0.2, -0.15) is 0 Å². The van der Waals surface area contributed by atoms with E-state index in [0.29, 0.717) is 13.2 Å². The predicted octanol–water partition coefficient (Wildman–Crippen LogP) is 0.576. The summed E-state index contributed by atoms with van der Waals surface area (Å²) >= 11 is 0. The van der Waals surface area contributed by atoms with E-state index in [9.17, 15) is 0 Å². The molecule has 0 rings (SSSR count). The lowest BCUT2D eigenvalue weighted by molar-refractivity contribution is 0.139. The van der Waals surface area contributed by atoms with Crippen LogP contribution in [0.15, 0.2) is 0 Å². The third-order valence-electron chi connectivity index (χ3n) is 0.801. The Labute approximate surface area is 51.0 Å². The number of unbranched alkanes of at least 4 members (excludes halogenated alkanes) is 1. The van der Waals surface area contributed by atoms with Crippen molar-refractivity contribution < 1.29 is 4.74 Å². The fourth-order valence-electron chi connectivity index (χ4n) is 0.390. The van der Waals surface area contributed by atoms with E-state index in [1.807, 2.05) is 0 Å². The molecule has 0 spiro atoms. The van der Waals surface area contributed by atoms with Crippen LogP contribution < -0.4 is 5.73 Å². The number of rotatable bonds is 5. The van der Waals surface area contributed by atoms with Gasteiger partial charge in [-0.15, -0.1) is 0 Å². The van der Waals surface area contributed by atoms with E-state index in [1.54, 1.807) is 0 Å². The molecular weight excluding hydrogens is 102 g/mol. The van der Waals surface area contributed by atoms with E-state index in [1.165, 1.54) is 0 Å². The summed E-state index contributed by atoms with van der Waals surface area (Å²) in [6.07, 6.45) is 1.99. The van der Waals surface area contributed by atoms with Gasteiger partial charge in [0, 0.05) is 13.2 Å². The van der Waals surface area contributed by atoms with Gasteiger partial charge in [-0.1, -0.05) is 13.3 Å². The second-order valence-corrected chi connectivity index (χ2v) is 1.61. The lowest BCUT2D eigenvalue weighted by atomic mass is 10.4. The van der Waals surface area contributed by atoms with Crippen molar-refractivity contribution in [2.75, 3.05) is 19.8 Å². The van der Waals surface area contributed by atoms with Crippen molar-refractivity contribution in [2.24, 2.45) is 5.73 Å². The summed E-state index contributed by atoms with van der Waals surface area (Å²) in [5, 5.41) is 0. The topological polar surface area (TPSA) is 35.2 Å². The molecule has 0 aromatic rings. The summed E-state index contributed by atoms with van der Waals surface area (Å²) in [5.74, 6) is 0. The van der Waals surface area contributed by atoms with Gasteiger partial charge >= 0.3 is 0 Å². The van der Waals surface area contributed by atoms with Crippen molar-refractivity contribution in [3.63, 3.8) is 0 Å². The second-order valence-electron chi connectivity index (χ2n) is 1.61. The molecule has 0 aromatic carbocycles. The molecule has 0 heterocycles. The Hall–Kier alpha value is -0.0800. The van der Waals surface area contributed by atoms with Gasteiger partial charge in [-0.25, -0.2) is 0 Å². The smallest absolute Gasteiger partial charge is 0.0588 e. The van der Waals surface area contributed by atoms with Crippen LogP contribution in [0.2, 0.25) is 0 Å². The van der Waals surface area contributed by atoms with Crippen LogP contribution >= 0.6 is 0 Å². The molecule has 0 atom stereocenters. The predicted molar refractivity (Wildman–Crippen MR) is 34.5 cm³/mol. The normalized spacial score (nSPS) is 9.75. The first kappa shape index (κ1) is 7.92. The maximum absolute atomic E-state index is 5.17. The minimum absolute atomic E-state index is 0.622. The average Bonchev–Trinajstić information content (AvgIpc) is 1.81. The van der Waals surface area contributed by atoms with Crippen molar-refractivity contribution in [3.05, 3.63) is 6.92 Å².